The lowest BCUT2D eigenvalue weighted by molar-refractivity contribution is -0.118. The van der Waals surface area contributed by atoms with E-state index in [0.717, 1.165) is 17.8 Å². The summed E-state index contributed by atoms with van der Waals surface area (Å²) >= 11 is 1.14. The Bertz CT molecular complexity index is 1460. The largest absolute Gasteiger partial charge is 0.495 e. The van der Waals surface area contributed by atoms with Gasteiger partial charge in [-0.05, 0) is 55.7 Å². The lowest BCUT2D eigenvalue weighted by Gasteiger charge is -2.15. The van der Waals surface area contributed by atoms with Crippen molar-refractivity contribution >= 4 is 44.7 Å². The first-order valence-electron chi connectivity index (χ1n) is 11.2. The number of ether oxygens (including phenoxy) is 1. The Morgan fingerprint density at radius 3 is 2.51 bits per heavy atom. The Morgan fingerprint density at radius 2 is 1.83 bits per heavy atom. The van der Waals surface area contributed by atoms with Crippen LogP contribution >= 0.6 is 11.3 Å². The molecule has 0 saturated carbocycles. The molecule has 0 aliphatic heterocycles. The van der Waals surface area contributed by atoms with Gasteiger partial charge < -0.3 is 15.4 Å². The molecule has 9 heteroatoms. The van der Waals surface area contributed by atoms with Crippen molar-refractivity contribution in [2.45, 2.75) is 33.2 Å². The van der Waals surface area contributed by atoms with Gasteiger partial charge in [0.05, 0.1) is 29.4 Å². The van der Waals surface area contributed by atoms with Crippen LogP contribution in [0, 0.1) is 6.92 Å². The number of hydrogen-bond donors (Lipinski definition) is 2. The molecule has 0 bridgehead atoms. The number of fused-ring (bicyclic) bond motifs is 1. The fourth-order valence-electron chi connectivity index (χ4n) is 3.75. The van der Waals surface area contributed by atoms with Gasteiger partial charge in [-0.25, -0.2) is 4.98 Å². The highest BCUT2D eigenvalue weighted by atomic mass is 32.1. The maximum atomic E-state index is 13.3. The molecular weight excluding hydrogens is 464 g/mol. The summed E-state index contributed by atoms with van der Waals surface area (Å²) < 4.78 is 6.59. The molecule has 8 nitrogen and oxygen atoms in total. The summed E-state index contributed by atoms with van der Waals surface area (Å²) in [5.74, 6) is -0.161. The zero-order chi connectivity index (χ0) is 25.1. The van der Waals surface area contributed by atoms with Gasteiger partial charge in [0, 0.05) is 5.69 Å². The van der Waals surface area contributed by atoms with Crippen molar-refractivity contribution in [2.75, 3.05) is 17.7 Å². The highest BCUT2D eigenvalue weighted by molar-refractivity contribution is 7.20. The van der Waals surface area contributed by atoms with Crippen molar-refractivity contribution in [3.63, 3.8) is 0 Å². The van der Waals surface area contributed by atoms with E-state index in [1.807, 2.05) is 30.3 Å². The molecular formula is C26H26N4O4S. The van der Waals surface area contributed by atoms with Crippen LogP contribution in [0.3, 0.4) is 0 Å². The number of benzene rings is 2. The Hall–Kier alpha value is -3.98. The van der Waals surface area contributed by atoms with Crippen LogP contribution in [0.25, 0.3) is 10.2 Å². The standard InChI is InChI=1S/C26H26N4O4S/c1-5-17-10-12-18(13-11-17)28-23(31)16(3)30-14-27-25-21(26(30)33)15(2)22(35-25)24(32)29-19-8-6-7-9-20(19)34-4/h6-14,16H,5H2,1-4H3,(H,28,31)(H,29,32). The number of thiophene rings is 1. The molecule has 0 aliphatic rings. The molecule has 0 aliphatic carbocycles. The number of amides is 2. The summed E-state index contributed by atoms with van der Waals surface area (Å²) in [4.78, 5) is 44.4. The summed E-state index contributed by atoms with van der Waals surface area (Å²) in [6.45, 7) is 5.41. The Kier molecular flexibility index (Phi) is 6.97. The van der Waals surface area contributed by atoms with Gasteiger partial charge >= 0.3 is 0 Å². The third-order valence-corrected chi connectivity index (χ3v) is 7.06. The third kappa shape index (κ3) is 4.81. The SMILES string of the molecule is CCc1ccc(NC(=O)C(C)n2cnc3sc(C(=O)Nc4ccccc4OC)c(C)c3c2=O)cc1. The molecule has 1 unspecified atom stereocenters. The van der Waals surface area contributed by atoms with Crippen LogP contribution in [0.5, 0.6) is 5.75 Å². The number of aryl methyl sites for hydroxylation is 2. The van der Waals surface area contributed by atoms with Crippen molar-refractivity contribution in [1.29, 1.82) is 0 Å². The minimum Gasteiger partial charge on any atom is -0.495 e. The number of aromatic nitrogens is 2. The molecule has 0 fully saturated rings. The van der Waals surface area contributed by atoms with Crippen LogP contribution in [-0.4, -0.2) is 28.5 Å². The maximum Gasteiger partial charge on any atom is 0.266 e. The molecule has 180 valence electrons. The molecule has 0 spiro atoms. The van der Waals surface area contributed by atoms with Crippen molar-refractivity contribution < 1.29 is 14.3 Å². The minimum atomic E-state index is -0.796. The molecule has 0 saturated heterocycles. The first kappa shape index (κ1) is 24.2. The number of hydrogen-bond acceptors (Lipinski definition) is 6. The number of carbonyl (C=O) groups excluding carboxylic acids is 2. The summed E-state index contributed by atoms with van der Waals surface area (Å²) in [6.07, 6.45) is 2.26. The van der Waals surface area contributed by atoms with E-state index in [0.29, 0.717) is 37.8 Å². The number of rotatable bonds is 7. The fraction of sp³-hybridized carbons (Fsp3) is 0.231. The van der Waals surface area contributed by atoms with Gasteiger partial charge in [-0.3, -0.25) is 19.0 Å². The van der Waals surface area contributed by atoms with Crippen LogP contribution in [0.2, 0.25) is 0 Å². The lowest BCUT2D eigenvalue weighted by atomic mass is 10.1. The van der Waals surface area contributed by atoms with E-state index in [-0.39, 0.29) is 17.4 Å². The summed E-state index contributed by atoms with van der Waals surface area (Å²) in [7, 11) is 1.53. The molecule has 0 radical (unpaired) electrons. The second kappa shape index (κ2) is 10.1. The van der Waals surface area contributed by atoms with Gasteiger partial charge in [-0.2, -0.15) is 0 Å². The third-order valence-electron chi connectivity index (χ3n) is 5.86. The van der Waals surface area contributed by atoms with Crippen molar-refractivity contribution in [3.05, 3.63) is 81.2 Å². The fourth-order valence-corrected chi connectivity index (χ4v) is 4.79. The lowest BCUT2D eigenvalue weighted by Crippen LogP contribution is -2.31. The molecule has 4 aromatic rings. The summed E-state index contributed by atoms with van der Waals surface area (Å²) in [5.41, 5.74) is 2.50. The molecule has 2 aromatic carbocycles. The molecule has 2 aromatic heterocycles. The molecule has 2 N–H and O–H groups in total. The van der Waals surface area contributed by atoms with Crippen LogP contribution in [0.15, 0.2) is 59.7 Å². The zero-order valence-electron chi connectivity index (χ0n) is 19.9. The Balaban J connectivity index is 1.61. The van der Waals surface area contributed by atoms with E-state index in [1.165, 1.54) is 23.6 Å². The highest BCUT2D eigenvalue weighted by Gasteiger charge is 2.23. The van der Waals surface area contributed by atoms with E-state index in [4.69, 9.17) is 4.74 Å². The topological polar surface area (TPSA) is 102 Å². The smallest absolute Gasteiger partial charge is 0.266 e. The maximum absolute atomic E-state index is 13.3. The minimum absolute atomic E-state index is 0.328. The number of anilines is 2. The van der Waals surface area contributed by atoms with Crippen molar-refractivity contribution in [3.8, 4) is 5.75 Å². The normalized spacial score (nSPS) is 11.8. The van der Waals surface area contributed by atoms with Crippen molar-refractivity contribution in [1.82, 2.24) is 9.55 Å². The summed E-state index contributed by atoms with van der Waals surface area (Å²) in [5, 5.41) is 6.01. The second-order valence-electron chi connectivity index (χ2n) is 8.06. The van der Waals surface area contributed by atoms with Gasteiger partial charge in [0.25, 0.3) is 11.5 Å². The molecule has 2 amide bonds. The molecule has 1 atom stereocenters. The quantitative estimate of drug-likeness (QED) is 0.388. The first-order chi connectivity index (χ1) is 16.8. The number of nitrogens with one attached hydrogen (secondary N) is 2. The number of carbonyl (C=O) groups is 2. The van der Waals surface area contributed by atoms with Gasteiger partial charge in [0.1, 0.15) is 16.6 Å². The number of para-hydroxylation sites is 2. The second-order valence-corrected chi connectivity index (χ2v) is 9.06. The van der Waals surface area contributed by atoms with E-state index < -0.39 is 6.04 Å². The van der Waals surface area contributed by atoms with Gasteiger partial charge in [0.15, 0.2) is 0 Å². The molecule has 2 heterocycles. The van der Waals surface area contributed by atoms with Gasteiger partial charge in [-0.15, -0.1) is 11.3 Å². The van der Waals surface area contributed by atoms with E-state index in [1.54, 1.807) is 32.0 Å². The number of nitrogens with zero attached hydrogens (tertiary/aromatic N) is 2. The Morgan fingerprint density at radius 1 is 1.11 bits per heavy atom. The van der Waals surface area contributed by atoms with Crippen LogP contribution in [0.4, 0.5) is 11.4 Å². The Labute approximate surface area is 206 Å². The van der Waals surface area contributed by atoms with E-state index >= 15 is 0 Å². The van der Waals surface area contributed by atoms with E-state index in [9.17, 15) is 14.4 Å². The van der Waals surface area contributed by atoms with Crippen LogP contribution in [-0.2, 0) is 11.2 Å². The highest BCUT2D eigenvalue weighted by Crippen LogP contribution is 2.30. The van der Waals surface area contributed by atoms with Crippen LogP contribution < -0.4 is 20.9 Å². The van der Waals surface area contributed by atoms with Gasteiger partial charge in [-0.1, -0.05) is 31.2 Å². The number of methoxy groups -OCH3 is 1. The average molecular weight is 491 g/mol. The van der Waals surface area contributed by atoms with E-state index in [2.05, 4.69) is 22.5 Å². The first-order valence-corrected chi connectivity index (χ1v) is 12.0. The summed E-state index contributed by atoms with van der Waals surface area (Å²) in [6, 6.07) is 13.9. The predicted molar refractivity (Wildman–Crippen MR) is 139 cm³/mol. The zero-order valence-corrected chi connectivity index (χ0v) is 20.7. The van der Waals surface area contributed by atoms with Crippen LogP contribution in [0.1, 0.15) is 40.7 Å². The van der Waals surface area contributed by atoms with Gasteiger partial charge in [0.2, 0.25) is 5.91 Å². The predicted octanol–water partition coefficient (Wildman–Crippen LogP) is 4.79. The average Bonchev–Trinajstić information content (AvgIpc) is 3.21. The monoisotopic (exact) mass is 490 g/mol. The molecule has 4 rings (SSSR count). The van der Waals surface area contributed by atoms with Crippen molar-refractivity contribution in [2.24, 2.45) is 0 Å². The molecule has 35 heavy (non-hydrogen) atoms.